The molecule has 0 aromatic heterocycles. The fourth-order valence-electron chi connectivity index (χ4n) is 1.97. The summed E-state index contributed by atoms with van der Waals surface area (Å²) in [4.78, 5) is 1.20. The average molecular weight is 352 g/mol. The van der Waals surface area contributed by atoms with Crippen molar-refractivity contribution in [3.63, 3.8) is 0 Å². The minimum Gasteiger partial charge on any atom is -0.496 e. The molecule has 4 heteroatoms. The van der Waals surface area contributed by atoms with Gasteiger partial charge in [0.2, 0.25) is 0 Å². The summed E-state index contributed by atoms with van der Waals surface area (Å²) < 4.78 is 6.50. The van der Waals surface area contributed by atoms with Crippen molar-refractivity contribution >= 4 is 27.7 Å². The van der Waals surface area contributed by atoms with Crippen LogP contribution in [-0.2, 0) is 0 Å². The smallest absolute Gasteiger partial charge is 0.123 e. The minimum absolute atomic E-state index is 0.0537. The number of benzene rings is 2. The number of ether oxygens (including phenoxy) is 1. The number of aryl methyl sites for hydroxylation is 1. The molecule has 1 atom stereocenters. The zero-order chi connectivity index (χ0) is 14.5. The molecule has 2 aromatic carbocycles. The molecule has 0 amide bonds. The molecule has 2 rings (SSSR count). The van der Waals surface area contributed by atoms with Gasteiger partial charge in [-0.3, -0.25) is 0 Å². The molecule has 106 valence electrons. The molecule has 0 spiro atoms. The number of thioether (sulfide) groups is 1. The molecule has 2 nitrogen and oxygen atoms in total. The van der Waals surface area contributed by atoms with Crippen LogP contribution in [0.15, 0.2) is 51.8 Å². The molecular weight excluding hydrogens is 334 g/mol. The second kappa shape index (κ2) is 7.16. The first-order valence-electron chi connectivity index (χ1n) is 6.39. The fraction of sp³-hybridized carbons (Fsp3) is 0.250. The van der Waals surface area contributed by atoms with E-state index in [1.54, 1.807) is 18.9 Å². The van der Waals surface area contributed by atoms with Crippen molar-refractivity contribution in [2.24, 2.45) is 5.73 Å². The van der Waals surface area contributed by atoms with E-state index in [2.05, 4.69) is 35.0 Å². The Labute approximate surface area is 132 Å². The van der Waals surface area contributed by atoms with E-state index in [9.17, 15) is 0 Å². The predicted octanol–water partition coefficient (Wildman–Crippen LogP) is 4.56. The molecule has 0 saturated heterocycles. The molecule has 20 heavy (non-hydrogen) atoms. The van der Waals surface area contributed by atoms with Gasteiger partial charge in [-0.2, -0.15) is 0 Å². The van der Waals surface area contributed by atoms with Crippen LogP contribution in [-0.4, -0.2) is 12.9 Å². The van der Waals surface area contributed by atoms with Gasteiger partial charge in [0.15, 0.2) is 0 Å². The highest BCUT2D eigenvalue weighted by Crippen LogP contribution is 2.32. The largest absolute Gasteiger partial charge is 0.496 e. The molecule has 0 bridgehead atoms. The summed E-state index contributed by atoms with van der Waals surface area (Å²) in [5.41, 5.74) is 8.58. The van der Waals surface area contributed by atoms with E-state index in [4.69, 9.17) is 10.5 Å². The summed E-state index contributed by atoms with van der Waals surface area (Å²) in [7, 11) is 1.68. The highest BCUT2D eigenvalue weighted by Gasteiger charge is 2.13. The lowest BCUT2D eigenvalue weighted by Crippen LogP contribution is -2.14. The lowest BCUT2D eigenvalue weighted by Gasteiger charge is -2.16. The Morgan fingerprint density at radius 3 is 2.70 bits per heavy atom. The number of halogens is 1. The molecule has 0 saturated carbocycles. The van der Waals surface area contributed by atoms with Gasteiger partial charge in [0.25, 0.3) is 0 Å². The van der Waals surface area contributed by atoms with Gasteiger partial charge in [-0.25, -0.2) is 0 Å². The molecule has 0 heterocycles. The van der Waals surface area contributed by atoms with E-state index >= 15 is 0 Å². The summed E-state index contributed by atoms with van der Waals surface area (Å²) in [5, 5.41) is 0. The van der Waals surface area contributed by atoms with Gasteiger partial charge in [-0.1, -0.05) is 29.8 Å². The third kappa shape index (κ3) is 3.78. The normalized spacial score (nSPS) is 12.2. The second-order valence-corrected chi connectivity index (χ2v) is 6.51. The van der Waals surface area contributed by atoms with Crippen molar-refractivity contribution in [3.05, 3.63) is 58.1 Å². The Hall–Kier alpha value is -0.970. The zero-order valence-corrected chi connectivity index (χ0v) is 14.0. The van der Waals surface area contributed by atoms with Crippen molar-refractivity contribution in [2.75, 3.05) is 12.9 Å². The maximum atomic E-state index is 6.32. The van der Waals surface area contributed by atoms with Crippen LogP contribution in [0.3, 0.4) is 0 Å². The number of hydrogen-bond acceptors (Lipinski definition) is 3. The Balaban J connectivity index is 2.11. The first-order valence-corrected chi connectivity index (χ1v) is 8.17. The summed E-state index contributed by atoms with van der Waals surface area (Å²) >= 11 is 5.30. The van der Waals surface area contributed by atoms with E-state index in [1.807, 2.05) is 30.3 Å². The van der Waals surface area contributed by atoms with Crippen LogP contribution in [0.5, 0.6) is 5.75 Å². The third-order valence-corrected chi connectivity index (χ3v) is 5.19. The van der Waals surface area contributed by atoms with Gasteiger partial charge in [0.05, 0.1) is 7.11 Å². The monoisotopic (exact) mass is 351 g/mol. The SMILES string of the molecule is COc1ccc(C)cc1C(N)CSc1ccccc1Br. The standard InChI is InChI=1S/C16H18BrNOS/c1-11-7-8-15(19-2)12(9-11)14(18)10-20-16-6-4-3-5-13(16)17/h3-9,14H,10,18H2,1-2H3. The molecule has 0 radical (unpaired) electrons. The number of methoxy groups -OCH3 is 1. The van der Waals surface area contributed by atoms with Crippen LogP contribution >= 0.6 is 27.7 Å². The van der Waals surface area contributed by atoms with Gasteiger partial charge in [-0.15, -0.1) is 11.8 Å². The highest BCUT2D eigenvalue weighted by molar-refractivity contribution is 9.10. The van der Waals surface area contributed by atoms with Gasteiger partial charge in [0.1, 0.15) is 5.75 Å². The molecule has 0 aliphatic carbocycles. The molecule has 0 aliphatic heterocycles. The number of nitrogens with two attached hydrogens (primary N) is 1. The Morgan fingerprint density at radius 2 is 2.00 bits per heavy atom. The second-order valence-electron chi connectivity index (χ2n) is 4.59. The molecule has 0 fully saturated rings. The quantitative estimate of drug-likeness (QED) is 0.802. The maximum absolute atomic E-state index is 6.32. The molecule has 2 N–H and O–H groups in total. The van der Waals surface area contributed by atoms with Crippen LogP contribution in [0, 0.1) is 6.92 Å². The van der Waals surface area contributed by atoms with Crippen molar-refractivity contribution < 1.29 is 4.74 Å². The Morgan fingerprint density at radius 1 is 1.25 bits per heavy atom. The van der Waals surface area contributed by atoms with E-state index in [1.165, 1.54) is 10.5 Å². The van der Waals surface area contributed by atoms with Gasteiger partial charge in [-0.05, 0) is 41.1 Å². The Bertz CT molecular complexity index is 588. The van der Waals surface area contributed by atoms with Crippen molar-refractivity contribution in [2.45, 2.75) is 17.9 Å². The highest BCUT2D eigenvalue weighted by atomic mass is 79.9. The van der Waals surface area contributed by atoms with Gasteiger partial charge in [0, 0.05) is 26.7 Å². The molecule has 1 unspecified atom stereocenters. The van der Waals surface area contributed by atoms with E-state index in [-0.39, 0.29) is 6.04 Å². The molecule has 2 aromatic rings. The topological polar surface area (TPSA) is 35.2 Å². The van der Waals surface area contributed by atoms with Gasteiger partial charge >= 0.3 is 0 Å². The third-order valence-electron chi connectivity index (χ3n) is 3.04. The lowest BCUT2D eigenvalue weighted by atomic mass is 10.1. The van der Waals surface area contributed by atoms with Gasteiger partial charge < -0.3 is 10.5 Å². The number of rotatable bonds is 5. The summed E-state index contributed by atoms with van der Waals surface area (Å²) in [6, 6.07) is 14.2. The van der Waals surface area contributed by atoms with Crippen LogP contribution in [0.25, 0.3) is 0 Å². The van der Waals surface area contributed by atoms with Crippen molar-refractivity contribution in [3.8, 4) is 5.75 Å². The summed E-state index contributed by atoms with van der Waals surface area (Å²) in [5.74, 6) is 1.67. The summed E-state index contributed by atoms with van der Waals surface area (Å²) in [6.45, 7) is 2.07. The fourth-order valence-corrected chi connectivity index (χ4v) is 3.52. The Kier molecular flexibility index (Phi) is 5.52. The zero-order valence-electron chi connectivity index (χ0n) is 11.6. The van der Waals surface area contributed by atoms with Crippen LogP contribution in [0.2, 0.25) is 0 Å². The van der Waals surface area contributed by atoms with Crippen molar-refractivity contribution in [1.82, 2.24) is 0 Å². The lowest BCUT2D eigenvalue weighted by molar-refractivity contribution is 0.407. The van der Waals surface area contributed by atoms with E-state index < -0.39 is 0 Å². The maximum Gasteiger partial charge on any atom is 0.123 e. The van der Waals surface area contributed by atoms with E-state index in [0.717, 1.165) is 21.5 Å². The van der Waals surface area contributed by atoms with Crippen molar-refractivity contribution in [1.29, 1.82) is 0 Å². The average Bonchev–Trinajstić information content (AvgIpc) is 2.46. The molecule has 0 aliphatic rings. The first kappa shape index (κ1) is 15.4. The molecular formula is C16H18BrNOS. The van der Waals surface area contributed by atoms with Crippen LogP contribution in [0.1, 0.15) is 17.2 Å². The van der Waals surface area contributed by atoms with Crippen LogP contribution in [0.4, 0.5) is 0 Å². The van der Waals surface area contributed by atoms with Crippen LogP contribution < -0.4 is 10.5 Å². The summed E-state index contributed by atoms with van der Waals surface area (Å²) in [6.07, 6.45) is 0. The first-order chi connectivity index (χ1) is 9.61. The number of hydrogen-bond donors (Lipinski definition) is 1. The minimum atomic E-state index is -0.0537. The predicted molar refractivity (Wildman–Crippen MR) is 89.5 cm³/mol. The van der Waals surface area contributed by atoms with E-state index in [0.29, 0.717) is 0 Å².